The van der Waals surface area contributed by atoms with Crippen LogP contribution in [0.4, 0.5) is 0 Å². The Balaban J connectivity index is 0.858. The molecule has 0 saturated heterocycles. The zero-order chi connectivity index (χ0) is 46.6. The summed E-state index contributed by atoms with van der Waals surface area (Å²) in [5, 5.41) is 19.7. The Bertz CT molecular complexity index is 4590. The number of hydrogen-bond acceptors (Lipinski definition) is 1. The normalized spacial score (nSPS) is 11.9. The predicted octanol–water partition coefficient (Wildman–Crippen LogP) is 20.0. The van der Waals surface area contributed by atoms with E-state index < -0.39 is 0 Å². The third-order valence-electron chi connectivity index (χ3n) is 15.2. The summed E-state index contributed by atoms with van der Waals surface area (Å²) >= 11 is 0. The van der Waals surface area contributed by atoms with E-state index in [1.165, 1.54) is 131 Å². The Hall–Kier alpha value is -9.30. The molecule has 0 unspecified atom stereocenters. The third-order valence-corrected chi connectivity index (χ3v) is 15.2. The van der Waals surface area contributed by atoms with Crippen LogP contribution >= 0.6 is 0 Å². The van der Waals surface area contributed by atoms with Crippen LogP contribution in [0.15, 0.2) is 259 Å². The van der Waals surface area contributed by atoms with Crippen molar-refractivity contribution in [2.45, 2.75) is 0 Å². The summed E-state index contributed by atoms with van der Waals surface area (Å²) in [7, 11) is 0. The highest BCUT2D eigenvalue weighted by Gasteiger charge is 2.21. The van der Waals surface area contributed by atoms with Crippen LogP contribution in [0.5, 0.6) is 0 Å². The first-order valence-corrected chi connectivity index (χ1v) is 24.6. The van der Waals surface area contributed by atoms with Gasteiger partial charge in [-0.3, -0.25) is 0 Å². The average Bonchev–Trinajstić information content (AvgIpc) is 3.81. The molecule has 0 bridgehead atoms. The highest BCUT2D eigenvalue weighted by Crippen LogP contribution is 2.48. The second kappa shape index (κ2) is 15.6. The molecular weight excluding hydrogens is 857 g/mol. The molecule has 1 heteroatoms. The van der Waals surface area contributed by atoms with Crippen LogP contribution in [0.25, 0.3) is 153 Å². The summed E-state index contributed by atoms with van der Waals surface area (Å²) in [6, 6.07) is 94.0. The van der Waals surface area contributed by atoms with Gasteiger partial charge in [0.1, 0.15) is 11.2 Å². The second-order valence-corrected chi connectivity index (χ2v) is 19.0. The largest absolute Gasteiger partial charge is 0.456 e. The molecule has 0 saturated carbocycles. The zero-order valence-electron chi connectivity index (χ0n) is 38.7. The minimum Gasteiger partial charge on any atom is -0.456 e. The SMILES string of the molecule is c1ccc2cc(-c3c4ccccc4c(-c4cccc5cc(-c6ccc7c(-c8c9ccccc9c(-c9ccc%10oc%11ccccc%11c%10c9)c9ccccc89)cccc7c6)ccc45)c4ccccc34)ccc2c1. The maximum absolute atomic E-state index is 6.26. The molecule has 0 aliphatic carbocycles. The quantitative estimate of drug-likeness (QED) is 0.157. The van der Waals surface area contributed by atoms with Gasteiger partial charge in [-0.1, -0.05) is 218 Å². The van der Waals surface area contributed by atoms with E-state index >= 15 is 0 Å². The van der Waals surface area contributed by atoms with Crippen molar-refractivity contribution in [3.05, 3.63) is 255 Å². The maximum Gasteiger partial charge on any atom is 0.135 e. The van der Waals surface area contributed by atoms with Gasteiger partial charge in [0.15, 0.2) is 0 Å². The van der Waals surface area contributed by atoms with Gasteiger partial charge in [0.05, 0.1) is 0 Å². The van der Waals surface area contributed by atoms with E-state index in [1.54, 1.807) is 0 Å². The molecule has 0 N–H and O–H groups in total. The van der Waals surface area contributed by atoms with E-state index in [1.807, 2.05) is 6.07 Å². The Labute approximate surface area is 410 Å². The minimum atomic E-state index is 0.908. The van der Waals surface area contributed by atoms with Crippen molar-refractivity contribution in [3.63, 3.8) is 0 Å². The second-order valence-electron chi connectivity index (χ2n) is 19.0. The standard InChI is InChI=1S/C70H42O/c1-2-16-44-41-49(32-31-43(44)15-1)67-56-20-3-7-24-60(56)69(61-25-8-4-21-57(61)67)54-28-13-17-47-39-45(33-36-51(47)54)46-34-37-52-48(40-46)18-14-29-55(52)70-62-26-9-5-22-58(62)68(59-23-6-10-27-63(59)70)50-35-38-66-64(42-50)53-19-11-12-30-65(53)71-66/h1-42H. The molecule has 15 aromatic rings. The van der Waals surface area contributed by atoms with Crippen molar-refractivity contribution < 1.29 is 4.42 Å². The van der Waals surface area contributed by atoms with Gasteiger partial charge in [-0.25, -0.2) is 0 Å². The minimum absolute atomic E-state index is 0.908. The molecule has 0 radical (unpaired) electrons. The number of rotatable bonds is 5. The molecule has 1 heterocycles. The first-order chi connectivity index (χ1) is 35.2. The fourth-order valence-corrected chi connectivity index (χ4v) is 12.0. The van der Waals surface area contributed by atoms with E-state index in [4.69, 9.17) is 4.42 Å². The molecule has 14 aromatic carbocycles. The lowest BCUT2D eigenvalue weighted by Crippen LogP contribution is -1.92. The molecule has 0 fully saturated rings. The highest BCUT2D eigenvalue weighted by molar-refractivity contribution is 6.26. The van der Waals surface area contributed by atoms with Gasteiger partial charge >= 0.3 is 0 Å². The number of benzene rings is 14. The van der Waals surface area contributed by atoms with Crippen LogP contribution in [-0.2, 0) is 0 Å². The van der Waals surface area contributed by atoms with Gasteiger partial charge < -0.3 is 4.42 Å². The van der Waals surface area contributed by atoms with Crippen LogP contribution < -0.4 is 0 Å². The fraction of sp³-hybridized carbons (Fsp3) is 0. The summed E-state index contributed by atoms with van der Waals surface area (Å²) in [4.78, 5) is 0. The van der Waals surface area contributed by atoms with Gasteiger partial charge in [0.2, 0.25) is 0 Å². The lowest BCUT2D eigenvalue weighted by molar-refractivity contribution is 0.669. The van der Waals surface area contributed by atoms with Gasteiger partial charge in [-0.05, 0) is 167 Å². The summed E-state index contributed by atoms with van der Waals surface area (Å²) in [5.74, 6) is 0. The molecule has 328 valence electrons. The third kappa shape index (κ3) is 6.13. The van der Waals surface area contributed by atoms with E-state index in [9.17, 15) is 0 Å². The molecule has 0 aliphatic rings. The van der Waals surface area contributed by atoms with Crippen molar-refractivity contribution in [1.82, 2.24) is 0 Å². The van der Waals surface area contributed by atoms with Gasteiger partial charge in [-0.2, -0.15) is 0 Å². The van der Waals surface area contributed by atoms with Crippen molar-refractivity contribution in [2.75, 3.05) is 0 Å². The van der Waals surface area contributed by atoms with E-state index in [0.29, 0.717) is 0 Å². The van der Waals surface area contributed by atoms with Crippen molar-refractivity contribution in [1.29, 1.82) is 0 Å². The summed E-state index contributed by atoms with van der Waals surface area (Å²) < 4.78 is 6.26. The molecule has 71 heavy (non-hydrogen) atoms. The first kappa shape index (κ1) is 39.7. The van der Waals surface area contributed by atoms with Crippen molar-refractivity contribution in [2.24, 2.45) is 0 Å². The molecule has 1 nitrogen and oxygen atoms in total. The molecule has 0 aliphatic heterocycles. The first-order valence-electron chi connectivity index (χ1n) is 24.6. The smallest absolute Gasteiger partial charge is 0.135 e. The Morgan fingerprint density at radius 3 is 1.07 bits per heavy atom. The highest BCUT2D eigenvalue weighted by atomic mass is 16.3. The monoisotopic (exact) mass is 898 g/mol. The topological polar surface area (TPSA) is 13.1 Å². The Kier molecular flexibility index (Phi) is 8.73. The molecule has 0 atom stereocenters. The van der Waals surface area contributed by atoms with E-state index in [0.717, 1.165) is 21.9 Å². The van der Waals surface area contributed by atoms with Crippen LogP contribution in [0, 0.1) is 0 Å². The Morgan fingerprint density at radius 2 is 0.549 bits per heavy atom. The van der Waals surface area contributed by atoms with Crippen LogP contribution in [0.1, 0.15) is 0 Å². The Morgan fingerprint density at radius 1 is 0.183 bits per heavy atom. The maximum atomic E-state index is 6.26. The zero-order valence-corrected chi connectivity index (χ0v) is 38.7. The molecule has 1 aromatic heterocycles. The van der Waals surface area contributed by atoms with E-state index in [-0.39, 0.29) is 0 Å². The summed E-state index contributed by atoms with van der Waals surface area (Å²) in [5.41, 5.74) is 14.2. The summed E-state index contributed by atoms with van der Waals surface area (Å²) in [6.07, 6.45) is 0. The predicted molar refractivity (Wildman–Crippen MR) is 303 cm³/mol. The van der Waals surface area contributed by atoms with Gasteiger partial charge in [0, 0.05) is 10.8 Å². The lowest BCUT2D eigenvalue weighted by Gasteiger charge is -2.19. The number of furan rings is 1. The molecule has 0 amide bonds. The van der Waals surface area contributed by atoms with Crippen LogP contribution in [-0.4, -0.2) is 0 Å². The number of fused-ring (bicyclic) bond motifs is 10. The lowest BCUT2D eigenvalue weighted by atomic mass is 9.84. The van der Waals surface area contributed by atoms with Gasteiger partial charge in [-0.15, -0.1) is 0 Å². The van der Waals surface area contributed by atoms with Crippen LogP contribution in [0.3, 0.4) is 0 Å². The number of para-hydroxylation sites is 1. The molecular formula is C70H42O. The number of hydrogen-bond donors (Lipinski definition) is 0. The van der Waals surface area contributed by atoms with E-state index in [2.05, 4.69) is 249 Å². The summed E-state index contributed by atoms with van der Waals surface area (Å²) in [6.45, 7) is 0. The van der Waals surface area contributed by atoms with Crippen molar-refractivity contribution >= 4 is 97.3 Å². The van der Waals surface area contributed by atoms with Crippen molar-refractivity contribution in [3.8, 4) is 55.6 Å². The van der Waals surface area contributed by atoms with Gasteiger partial charge in [0.25, 0.3) is 0 Å². The fourth-order valence-electron chi connectivity index (χ4n) is 12.0. The average molecular weight is 899 g/mol. The van der Waals surface area contributed by atoms with Crippen LogP contribution in [0.2, 0.25) is 0 Å². The molecule has 0 spiro atoms. The molecule has 15 rings (SSSR count).